The molecule has 1 amide bonds. The highest BCUT2D eigenvalue weighted by Crippen LogP contribution is 2.34. The van der Waals surface area contributed by atoms with Crippen molar-refractivity contribution < 1.29 is 13.2 Å². The second-order valence-electron chi connectivity index (χ2n) is 7.07. The van der Waals surface area contributed by atoms with Crippen molar-refractivity contribution in [2.45, 2.75) is 18.2 Å². The van der Waals surface area contributed by atoms with Gasteiger partial charge >= 0.3 is 0 Å². The highest BCUT2D eigenvalue weighted by atomic mass is 32.2. The minimum absolute atomic E-state index is 0.00931. The summed E-state index contributed by atoms with van der Waals surface area (Å²) in [5.74, 6) is -0.104. The van der Waals surface area contributed by atoms with Gasteiger partial charge in [0.25, 0.3) is 5.91 Å². The van der Waals surface area contributed by atoms with Gasteiger partial charge in [0.15, 0.2) is 9.84 Å². The van der Waals surface area contributed by atoms with Gasteiger partial charge in [-0.1, -0.05) is 60.7 Å². The first-order chi connectivity index (χ1) is 13.9. The Morgan fingerprint density at radius 3 is 2.41 bits per heavy atom. The average molecular weight is 425 g/mol. The van der Waals surface area contributed by atoms with Crippen molar-refractivity contribution >= 4 is 32.8 Å². The van der Waals surface area contributed by atoms with Gasteiger partial charge in [0.2, 0.25) is 0 Å². The van der Waals surface area contributed by atoms with Gasteiger partial charge < -0.3 is 0 Å². The van der Waals surface area contributed by atoms with Crippen LogP contribution in [0.15, 0.2) is 77.2 Å². The number of benzene rings is 2. The fourth-order valence-corrected chi connectivity index (χ4v) is 4.87. The molecule has 7 heteroatoms. The third-order valence-electron chi connectivity index (χ3n) is 4.75. The van der Waals surface area contributed by atoms with Gasteiger partial charge in [-0.2, -0.15) is 5.10 Å². The van der Waals surface area contributed by atoms with E-state index in [1.54, 1.807) is 17.1 Å². The highest BCUT2D eigenvalue weighted by Gasteiger charge is 2.33. The van der Waals surface area contributed by atoms with E-state index < -0.39 is 9.84 Å². The van der Waals surface area contributed by atoms with E-state index in [-0.39, 0.29) is 17.7 Å². The zero-order chi connectivity index (χ0) is 20.4. The second-order valence-corrected chi connectivity index (χ2v) is 10.2. The number of carbonyl (C=O) groups excluding carboxylic acids is 1. The molecule has 0 aliphatic carbocycles. The molecule has 0 radical (unpaired) electrons. The lowest BCUT2D eigenvalue weighted by Crippen LogP contribution is -2.26. The summed E-state index contributed by atoms with van der Waals surface area (Å²) in [6.45, 7) is 0. The number of amides is 1. The Morgan fingerprint density at radius 2 is 1.79 bits per heavy atom. The van der Waals surface area contributed by atoms with Crippen molar-refractivity contribution in [1.29, 1.82) is 0 Å². The molecule has 0 bridgehead atoms. The van der Waals surface area contributed by atoms with Gasteiger partial charge in [0.05, 0.1) is 22.4 Å². The van der Waals surface area contributed by atoms with Crippen molar-refractivity contribution in [3.8, 4) is 0 Å². The Morgan fingerprint density at radius 1 is 1.07 bits per heavy atom. The summed E-state index contributed by atoms with van der Waals surface area (Å²) < 4.78 is 23.0. The SMILES string of the molecule is CS(=O)(=O)Cc1ccc(C2=NN(C(=O)c3cccs3)C(c3ccccc3)C2)cc1. The van der Waals surface area contributed by atoms with Crippen LogP contribution in [0.3, 0.4) is 0 Å². The van der Waals surface area contributed by atoms with Crippen LogP contribution in [0, 0.1) is 0 Å². The molecule has 0 saturated heterocycles. The van der Waals surface area contributed by atoms with E-state index in [4.69, 9.17) is 0 Å². The van der Waals surface area contributed by atoms with Gasteiger partial charge in [0.1, 0.15) is 0 Å². The van der Waals surface area contributed by atoms with Crippen molar-refractivity contribution in [2.24, 2.45) is 5.10 Å². The first-order valence-corrected chi connectivity index (χ1v) is 12.1. The molecular weight excluding hydrogens is 404 g/mol. The van der Waals surface area contributed by atoms with Crippen LogP contribution in [-0.2, 0) is 15.6 Å². The highest BCUT2D eigenvalue weighted by molar-refractivity contribution is 7.89. The number of hydrogen-bond acceptors (Lipinski definition) is 5. The van der Waals surface area contributed by atoms with Gasteiger partial charge in [-0.05, 0) is 28.1 Å². The van der Waals surface area contributed by atoms with Crippen molar-refractivity contribution in [3.05, 3.63) is 93.7 Å². The second kappa shape index (κ2) is 7.93. The van der Waals surface area contributed by atoms with Crippen LogP contribution in [-0.4, -0.2) is 31.3 Å². The molecule has 1 aromatic heterocycles. The molecule has 1 aliphatic rings. The van der Waals surface area contributed by atoms with Crippen molar-refractivity contribution in [3.63, 3.8) is 0 Å². The Kier molecular flexibility index (Phi) is 5.34. The molecule has 1 aliphatic heterocycles. The van der Waals surface area contributed by atoms with Crippen LogP contribution in [0.2, 0.25) is 0 Å². The van der Waals surface area contributed by atoms with Crippen LogP contribution in [0.5, 0.6) is 0 Å². The summed E-state index contributed by atoms with van der Waals surface area (Å²) in [4.78, 5) is 13.7. The van der Waals surface area contributed by atoms with E-state index in [9.17, 15) is 13.2 Å². The molecule has 3 aromatic rings. The normalized spacial score (nSPS) is 16.7. The molecule has 5 nitrogen and oxygen atoms in total. The number of hydrazone groups is 1. The van der Waals surface area contributed by atoms with Crippen LogP contribution in [0.1, 0.15) is 38.8 Å². The first kappa shape index (κ1) is 19.5. The average Bonchev–Trinajstić information content (AvgIpc) is 3.38. The molecule has 4 rings (SSSR count). The number of carbonyl (C=O) groups is 1. The summed E-state index contributed by atoms with van der Waals surface area (Å²) in [5, 5.41) is 8.12. The number of rotatable bonds is 5. The standard InChI is InChI=1S/C22H20N2O3S2/c1-29(26,27)15-16-9-11-17(12-10-16)19-14-20(18-6-3-2-4-7-18)24(23-19)22(25)21-8-5-13-28-21/h2-13,20H,14-15H2,1H3. The molecular formula is C22H20N2O3S2. The predicted molar refractivity (Wildman–Crippen MR) is 116 cm³/mol. The molecule has 0 saturated carbocycles. The molecule has 148 valence electrons. The maximum absolute atomic E-state index is 13.0. The Labute approximate surface area is 174 Å². The minimum Gasteiger partial charge on any atom is -0.266 e. The number of sulfone groups is 1. The lowest BCUT2D eigenvalue weighted by Gasteiger charge is -2.21. The molecule has 29 heavy (non-hydrogen) atoms. The van der Waals surface area contributed by atoms with Gasteiger partial charge in [0, 0.05) is 12.7 Å². The molecule has 0 fully saturated rings. The van der Waals surface area contributed by atoms with Crippen molar-refractivity contribution in [2.75, 3.05) is 6.26 Å². The molecule has 0 spiro atoms. The van der Waals surface area contributed by atoms with Crippen LogP contribution in [0.25, 0.3) is 0 Å². The van der Waals surface area contributed by atoms with Crippen LogP contribution >= 0.6 is 11.3 Å². The smallest absolute Gasteiger partial charge is 0.266 e. The first-order valence-electron chi connectivity index (χ1n) is 9.17. The van der Waals surface area contributed by atoms with Crippen LogP contribution < -0.4 is 0 Å². The third-order valence-corrected chi connectivity index (χ3v) is 6.47. The van der Waals surface area contributed by atoms with Gasteiger partial charge in [-0.3, -0.25) is 4.79 Å². The maximum atomic E-state index is 13.0. The molecule has 0 N–H and O–H groups in total. The van der Waals surface area contributed by atoms with E-state index in [2.05, 4.69) is 5.10 Å². The van der Waals surface area contributed by atoms with E-state index in [0.717, 1.165) is 22.4 Å². The lowest BCUT2D eigenvalue weighted by atomic mass is 9.98. The third kappa shape index (κ3) is 4.46. The molecule has 2 aromatic carbocycles. The largest absolute Gasteiger partial charge is 0.284 e. The lowest BCUT2D eigenvalue weighted by molar-refractivity contribution is 0.0716. The van der Waals surface area contributed by atoms with Gasteiger partial charge in [-0.25, -0.2) is 13.4 Å². The summed E-state index contributed by atoms with van der Waals surface area (Å²) in [6, 6.07) is 20.7. The van der Waals surface area contributed by atoms with Crippen molar-refractivity contribution in [1.82, 2.24) is 5.01 Å². The Bertz CT molecular complexity index is 1140. The molecule has 1 atom stereocenters. The maximum Gasteiger partial charge on any atom is 0.284 e. The Hall–Kier alpha value is -2.77. The summed E-state index contributed by atoms with van der Waals surface area (Å²) in [6.07, 6.45) is 1.83. The van der Waals surface area contributed by atoms with E-state index >= 15 is 0 Å². The summed E-state index contributed by atoms with van der Waals surface area (Å²) in [7, 11) is -3.08. The fourth-order valence-electron chi connectivity index (χ4n) is 3.42. The Balaban J connectivity index is 1.65. The van der Waals surface area contributed by atoms with E-state index in [1.807, 2.05) is 60.0 Å². The fraction of sp³-hybridized carbons (Fsp3) is 0.182. The summed E-state index contributed by atoms with van der Waals surface area (Å²) >= 11 is 1.40. The zero-order valence-electron chi connectivity index (χ0n) is 15.9. The minimum atomic E-state index is -3.08. The number of thiophene rings is 1. The van der Waals surface area contributed by atoms with E-state index in [1.165, 1.54) is 17.6 Å². The summed E-state index contributed by atoms with van der Waals surface area (Å²) in [5.41, 5.74) is 3.48. The molecule has 1 unspecified atom stereocenters. The van der Waals surface area contributed by atoms with Crippen LogP contribution in [0.4, 0.5) is 0 Å². The predicted octanol–water partition coefficient (Wildman–Crippen LogP) is 4.28. The number of hydrogen-bond donors (Lipinski definition) is 0. The van der Waals surface area contributed by atoms with Gasteiger partial charge in [-0.15, -0.1) is 11.3 Å². The van der Waals surface area contributed by atoms with E-state index in [0.29, 0.717) is 11.3 Å². The zero-order valence-corrected chi connectivity index (χ0v) is 17.5. The number of nitrogens with zero attached hydrogens (tertiary/aromatic N) is 2. The topological polar surface area (TPSA) is 66.8 Å². The molecule has 2 heterocycles. The quantitative estimate of drug-likeness (QED) is 0.614. The monoisotopic (exact) mass is 424 g/mol.